The lowest BCUT2D eigenvalue weighted by atomic mass is 9.93. The van der Waals surface area contributed by atoms with Crippen molar-refractivity contribution < 1.29 is 33.2 Å². The van der Waals surface area contributed by atoms with Gasteiger partial charge in [0.1, 0.15) is 23.5 Å². The molecule has 2 saturated heterocycles. The summed E-state index contributed by atoms with van der Waals surface area (Å²) in [7, 11) is 0. The normalized spacial score (nSPS) is 24.5. The Morgan fingerprint density at radius 1 is 0.826 bits per heavy atom. The summed E-state index contributed by atoms with van der Waals surface area (Å²) in [6.45, 7) is 11.5. The first-order valence-corrected chi connectivity index (χ1v) is 16.3. The number of benzene rings is 3. The van der Waals surface area contributed by atoms with Gasteiger partial charge in [-0.3, -0.25) is 4.90 Å². The average molecular weight is 632 g/mol. The van der Waals surface area contributed by atoms with Crippen molar-refractivity contribution in [1.29, 1.82) is 0 Å². The topological polar surface area (TPSA) is 75.7 Å². The molecule has 0 spiro atoms. The van der Waals surface area contributed by atoms with Crippen LogP contribution < -0.4 is 0 Å². The molecule has 0 bridgehead atoms. The van der Waals surface area contributed by atoms with Gasteiger partial charge >= 0.3 is 6.09 Å². The Bertz CT molecular complexity index is 1350. The number of amides is 1. The van der Waals surface area contributed by atoms with Crippen molar-refractivity contribution >= 4 is 6.09 Å². The first-order chi connectivity index (χ1) is 22.1. The Hall–Kier alpha value is -3.27. The molecule has 2 aliphatic rings. The summed E-state index contributed by atoms with van der Waals surface area (Å²) in [6.07, 6.45) is -0.478. The van der Waals surface area contributed by atoms with Crippen molar-refractivity contribution in [2.24, 2.45) is 0 Å². The Labute approximate surface area is 273 Å². The summed E-state index contributed by atoms with van der Waals surface area (Å²) in [5, 5.41) is 0. The van der Waals surface area contributed by atoms with E-state index in [1.54, 1.807) is 4.90 Å². The molecule has 8 heteroatoms. The summed E-state index contributed by atoms with van der Waals surface area (Å²) < 4.78 is 38.2. The van der Waals surface area contributed by atoms with E-state index in [4.69, 9.17) is 28.4 Å². The minimum Gasteiger partial charge on any atom is -0.444 e. The zero-order chi connectivity index (χ0) is 32.6. The van der Waals surface area contributed by atoms with Gasteiger partial charge in [-0.05, 0) is 57.7 Å². The fourth-order valence-corrected chi connectivity index (χ4v) is 6.13. The van der Waals surface area contributed by atoms with Crippen LogP contribution in [0.1, 0.15) is 64.2 Å². The second-order valence-electron chi connectivity index (χ2n) is 13.6. The summed E-state index contributed by atoms with van der Waals surface area (Å²) in [5.41, 5.74) is 1.83. The van der Waals surface area contributed by atoms with Gasteiger partial charge in [0.15, 0.2) is 0 Å². The number of hydrogen-bond donors (Lipinski definition) is 0. The zero-order valence-electron chi connectivity index (χ0n) is 27.8. The molecule has 3 aromatic rings. The molecule has 5 atom stereocenters. The molecular formula is C38H49NO7. The van der Waals surface area contributed by atoms with E-state index in [0.29, 0.717) is 45.9 Å². The quantitative estimate of drug-likeness (QED) is 0.208. The lowest BCUT2D eigenvalue weighted by Crippen LogP contribution is -2.55. The number of carbonyl (C=O) groups excluding carboxylic acids is 1. The highest BCUT2D eigenvalue weighted by Gasteiger charge is 2.48. The predicted molar refractivity (Wildman–Crippen MR) is 176 cm³/mol. The molecule has 248 valence electrons. The van der Waals surface area contributed by atoms with Gasteiger partial charge in [-0.1, -0.05) is 91.0 Å². The third-order valence-electron chi connectivity index (χ3n) is 8.28. The van der Waals surface area contributed by atoms with E-state index in [9.17, 15) is 4.79 Å². The Morgan fingerprint density at radius 3 is 1.93 bits per heavy atom. The van der Waals surface area contributed by atoms with Gasteiger partial charge in [-0.2, -0.15) is 0 Å². The van der Waals surface area contributed by atoms with Gasteiger partial charge < -0.3 is 28.4 Å². The number of carbonyl (C=O) groups is 1. The number of hydrogen-bond acceptors (Lipinski definition) is 7. The van der Waals surface area contributed by atoms with E-state index >= 15 is 0 Å². The van der Waals surface area contributed by atoms with Crippen LogP contribution in [-0.4, -0.2) is 66.0 Å². The molecule has 0 unspecified atom stereocenters. The van der Waals surface area contributed by atoms with Crippen molar-refractivity contribution in [2.75, 3.05) is 13.2 Å². The van der Waals surface area contributed by atoms with Gasteiger partial charge in [0.25, 0.3) is 0 Å². The lowest BCUT2D eigenvalue weighted by Gasteiger charge is -2.43. The average Bonchev–Trinajstić information content (AvgIpc) is 3.33. The molecule has 0 saturated carbocycles. The first kappa shape index (κ1) is 34.1. The van der Waals surface area contributed by atoms with Gasteiger partial charge in [-0.15, -0.1) is 0 Å². The summed E-state index contributed by atoms with van der Waals surface area (Å²) in [6, 6.07) is 30.2. The SMILES string of the molecule is CC(C)(C)OC(=O)N1[C@H](C[C@H]2C[C@@H](OCc3ccccc3)[C@@H](OCc3ccccc3)[C@@H](COCc3ccccc3)O2)COC1(C)C. The number of nitrogens with zero attached hydrogens (tertiary/aromatic N) is 1. The van der Waals surface area contributed by atoms with Crippen LogP contribution in [0.25, 0.3) is 0 Å². The van der Waals surface area contributed by atoms with Crippen LogP contribution in [0, 0.1) is 0 Å². The minimum absolute atomic E-state index is 0.225. The maximum Gasteiger partial charge on any atom is 0.412 e. The molecule has 0 aliphatic carbocycles. The minimum atomic E-state index is -0.801. The van der Waals surface area contributed by atoms with E-state index < -0.39 is 17.4 Å². The summed E-state index contributed by atoms with van der Waals surface area (Å²) in [5.74, 6) is 0. The molecule has 2 heterocycles. The summed E-state index contributed by atoms with van der Waals surface area (Å²) in [4.78, 5) is 15.1. The van der Waals surface area contributed by atoms with E-state index in [2.05, 4.69) is 24.3 Å². The Kier molecular flexibility index (Phi) is 11.5. The fourth-order valence-electron chi connectivity index (χ4n) is 6.13. The fraction of sp³-hybridized carbons (Fsp3) is 0.500. The standard InChI is InChI=1S/C38H49NO7/c1-37(2,3)46-36(40)39-31(26-44-38(39,4)5)21-32-22-33(42-24-29-17-11-7-12-18-29)35(43-25-30-19-13-8-14-20-30)34(45-32)27-41-23-28-15-9-6-10-16-28/h6-20,31-35H,21-27H2,1-5H3/t31-,32+,33-,34-,35-/m1/s1. The third-order valence-corrected chi connectivity index (χ3v) is 8.28. The second kappa shape index (κ2) is 15.5. The predicted octanol–water partition coefficient (Wildman–Crippen LogP) is 7.29. The molecule has 3 aromatic carbocycles. The van der Waals surface area contributed by atoms with E-state index in [0.717, 1.165) is 16.7 Å². The van der Waals surface area contributed by atoms with Gasteiger partial charge in [-0.25, -0.2) is 4.79 Å². The van der Waals surface area contributed by atoms with Gasteiger partial charge in [0.2, 0.25) is 0 Å². The molecule has 8 nitrogen and oxygen atoms in total. The maximum absolute atomic E-state index is 13.4. The van der Waals surface area contributed by atoms with E-state index in [1.165, 1.54) is 0 Å². The third kappa shape index (κ3) is 9.62. The monoisotopic (exact) mass is 631 g/mol. The lowest BCUT2D eigenvalue weighted by molar-refractivity contribution is -0.222. The molecule has 2 fully saturated rings. The van der Waals surface area contributed by atoms with Crippen LogP contribution in [0.5, 0.6) is 0 Å². The van der Waals surface area contributed by atoms with Crippen LogP contribution in [0.2, 0.25) is 0 Å². The molecular weight excluding hydrogens is 582 g/mol. The highest BCUT2D eigenvalue weighted by Crippen LogP contribution is 2.35. The van der Waals surface area contributed by atoms with Crippen LogP contribution in [-0.2, 0) is 48.2 Å². The largest absolute Gasteiger partial charge is 0.444 e. The summed E-state index contributed by atoms with van der Waals surface area (Å²) >= 11 is 0. The van der Waals surface area contributed by atoms with Crippen LogP contribution >= 0.6 is 0 Å². The molecule has 0 N–H and O–H groups in total. The van der Waals surface area contributed by atoms with E-state index in [-0.39, 0.29) is 30.4 Å². The molecule has 46 heavy (non-hydrogen) atoms. The smallest absolute Gasteiger partial charge is 0.412 e. The van der Waals surface area contributed by atoms with Gasteiger partial charge in [0.05, 0.1) is 51.3 Å². The molecule has 2 aliphatic heterocycles. The van der Waals surface area contributed by atoms with Gasteiger partial charge in [0, 0.05) is 6.42 Å². The van der Waals surface area contributed by atoms with E-state index in [1.807, 2.05) is 101 Å². The molecule has 0 aromatic heterocycles. The molecule has 5 rings (SSSR count). The van der Waals surface area contributed by atoms with Crippen LogP contribution in [0.3, 0.4) is 0 Å². The van der Waals surface area contributed by atoms with Crippen molar-refractivity contribution in [1.82, 2.24) is 4.90 Å². The molecule has 1 amide bonds. The Morgan fingerprint density at radius 2 is 1.37 bits per heavy atom. The van der Waals surface area contributed by atoms with Crippen molar-refractivity contribution in [3.8, 4) is 0 Å². The Balaban J connectivity index is 1.36. The highest BCUT2D eigenvalue weighted by atomic mass is 16.6. The van der Waals surface area contributed by atoms with Crippen LogP contribution in [0.15, 0.2) is 91.0 Å². The first-order valence-electron chi connectivity index (χ1n) is 16.3. The van der Waals surface area contributed by atoms with Crippen molar-refractivity contribution in [3.63, 3.8) is 0 Å². The van der Waals surface area contributed by atoms with Crippen molar-refractivity contribution in [2.45, 2.75) is 109 Å². The molecule has 0 radical (unpaired) electrons. The zero-order valence-corrected chi connectivity index (χ0v) is 27.8. The van der Waals surface area contributed by atoms with Crippen LogP contribution in [0.4, 0.5) is 4.79 Å². The highest BCUT2D eigenvalue weighted by molar-refractivity contribution is 5.69. The maximum atomic E-state index is 13.4. The number of ether oxygens (including phenoxy) is 6. The second-order valence-corrected chi connectivity index (χ2v) is 13.6. The number of rotatable bonds is 12. The van der Waals surface area contributed by atoms with Crippen molar-refractivity contribution in [3.05, 3.63) is 108 Å².